The molecule has 102 valence electrons. The molecule has 1 N–H and O–H groups in total. The van der Waals surface area contributed by atoms with Gasteiger partial charge in [0.1, 0.15) is 0 Å². The summed E-state index contributed by atoms with van der Waals surface area (Å²) in [5, 5.41) is 3.61. The van der Waals surface area contributed by atoms with Crippen LogP contribution in [0.15, 0.2) is 30.4 Å². The number of allylic oxidation sites excluding steroid dienone is 1. The van der Waals surface area contributed by atoms with Crippen LogP contribution in [0.3, 0.4) is 0 Å². The third-order valence-corrected chi connectivity index (χ3v) is 4.18. The van der Waals surface area contributed by atoms with E-state index in [2.05, 4.69) is 23.5 Å². The fourth-order valence-electron chi connectivity index (χ4n) is 3.13. The summed E-state index contributed by atoms with van der Waals surface area (Å²) in [5.41, 5.74) is 1.11. The second kappa shape index (κ2) is 5.16. The summed E-state index contributed by atoms with van der Waals surface area (Å²) in [7, 11) is 1.68. The Morgan fingerprint density at radius 1 is 1.32 bits per heavy atom. The molecule has 1 aromatic carbocycles. The maximum atomic E-state index is 5.53. The molecule has 3 heteroatoms. The van der Waals surface area contributed by atoms with E-state index in [-0.39, 0.29) is 0 Å². The molecular weight excluding hydrogens is 238 g/mol. The minimum atomic E-state index is 0.575. The SMILES string of the molecule is CCOc1ccc(NC2CC3CC=CC32)cc1OC. The Morgan fingerprint density at radius 3 is 2.95 bits per heavy atom. The molecule has 2 aliphatic rings. The Hall–Kier alpha value is -1.64. The van der Waals surface area contributed by atoms with Crippen LogP contribution in [-0.2, 0) is 0 Å². The second-order valence-electron chi connectivity index (χ2n) is 5.29. The first-order chi connectivity index (χ1) is 9.31. The highest BCUT2D eigenvalue weighted by Gasteiger charge is 2.40. The van der Waals surface area contributed by atoms with E-state index < -0.39 is 0 Å². The molecule has 2 aliphatic carbocycles. The molecule has 0 bridgehead atoms. The molecule has 3 rings (SSSR count). The highest BCUT2D eigenvalue weighted by atomic mass is 16.5. The van der Waals surface area contributed by atoms with Crippen molar-refractivity contribution in [3.63, 3.8) is 0 Å². The van der Waals surface area contributed by atoms with Crippen LogP contribution in [-0.4, -0.2) is 19.8 Å². The quantitative estimate of drug-likeness (QED) is 0.821. The first-order valence-corrected chi connectivity index (χ1v) is 7.06. The van der Waals surface area contributed by atoms with Gasteiger partial charge >= 0.3 is 0 Å². The van der Waals surface area contributed by atoms with Gasteiger partial charge in [-0.1, -0.05) is 12.2 Å². The minimum Gasteiger partial charge on any atom is -0.493 e. The summed E-state index contributed by atoms with van der Waals surface area (Å²) >= 11 is 0. The van der Waals surface area contributed by atoms with Crippen molar-refractivity contribution in [1.29, 1.82) is 0 Å². The van der Waals surface area contributed by atoms with Gasteiger partial charge in [0.2, 0.25) is 0 Å². The Kier molecular flexibility index (Phi) is 3.36. The van der Waals surface area contributed by atoms with Crippen LogP contribution in [0.1, 0.15) is 19.8 Å². The number of ether oxygens (including phenoxy) is 2. The highest BCUT2D eigenvalue weighted by Crippen LogP contribution is 2.44. The summed E-state index contributed by atoms with van der Waals surface area (Å²) in [6.07, 6.45) is 7.20. The van der Waals surface area contributed by atoms with Crippen molar-refractivity contribution < 1.29 is 9.47 Å². The molecule has 1 aromatic rings. The summed E-state index contributed by atoms with van der Waals surface area (Å²) in [6, 6.07) is 6.65. The number of nitrogens with one attached hydrogen (secondary N) is 1. The van der Waals surface area contributed by atoms with Gasteiger partial charge in [-0.2, -0.15) is 0 Å². The number of benzene rings is 1. The maximum absolute atomic E-state index is 5.53. The Labute approximate surface area is 114 Å². The van der Waals surface area contributed by atoms with Gasteiger partial charge < -0.3 is 14.8 Å². The number of anilines is 1. The number of rotatable bonds is 5. The van der Waals surface area contributed by atoms with Gasteiger partial charge in [0.25, 0.3) is 0 Å². The summed E-state index contributed by atoms with van der Waals surface area (Å²) < 4.78 is 10.9. The number of hydrogen-bond acceptors (Lipinski definition) is 3. The largest absolute Gasteiger partial charge is 0.493 e. The molecule has 0 saturated heterocycles. The third kappa shape index (κ3) is 2.29. The van der Waals surface area contributed by atoms with Crippen LogP contribution in [0.4, 0.5) is 5.69 Å². The molecule has 1 fully saturated rings. The topological polar surface area (TPSA) is 30.5 Å². The van der Waals surface area contributed by atoms with E-state index in [1.807, 2.05) is 19.1 Å². The van der Waals surface area contributed by atoms with Crippen molar-refractivity contribution in [3.8, 4) is 11.5 Å². The van der Waals surface area contributed by atoms with Crippen LogP contribution < -0.4 is 14.8 Å². The van der Waals surface area contributed by atoms with E-state index >= 15 is 0 Å². The number of methoxy groups -OCH3 is 1. The lowest BCUT2D eigenvalue weighted by Gasteiger charge is -2.41. The molecule has 3 unspecified atom stereocenters. The van der Waals surface area contributed by atoms with Crippen LogP contribution in [0.2, 0.25) is 0 Å². The molecule has 3 atom stereocenters. The standard InChI is InChI=1S/C16H21NO2/c1-3-19-15-8-7-12(10-16(15)18-2)17-14-9-11-5-4-6-13(11)14/h4,6-8,10-11,13-14,17H,3,5,9H2,1-2H3. The normalized spacial score (nSPS) is 27.6. The summed E-state index contributed by atoms with van der Waals surface area (Å²) in [6.45, 7) is 2.63. The predicted octanol–water partition coefficient (Wildman–Crippen LogP) is 3.47. The first kappa shape index (κ1) is 12.4. The third-order valence-electron chi connectivity index (χ3n) is 4.18. The highest BCUT2D eigenvalue weighted by molar-refractivity contribution is 5.55. The van der Waals surface area contributed by atoms with E-state index in [1.54, 1.807) is 7.11 Å². The van der Waals surface area contributed by atoms with Gasteiger partial charge in [-0.15, -0.1) is 0 Å². The maximum Gasteiger partial charge on any atom is 0.162 e. The lowest BCUT2D eigenvalue weighted by atomic mass is 9.71. The van der Waals surface area contributed by atoms with Gasteiger partial charge in [-0.3, -0.25) is 0 Å². The lowest BCUT2D eigenvalue weighted by Crippen LogP contribution is -2.43. The molecule has 19 heavy (non-hydrogen) atoms. The Bertz CT molecular complexity index is 484. The zero-order chi connectivity index (χ0) is 13.2. The minimum absolute atomic E-state index is 0.575. The van der Waals surface area contributed by atoms with Crippen molar-refractivity contribution in [3.05, 3.63) is 30.4 Å². The van der Waals surface area contributed by atoms with Gasteiger partial charge in [-0.25, -0.2) is 0 Å². The summed E-state index contributed by atoms with van der Waals surface area (Å²) in [5.74, 6) is 3.20. The smallest absolute Gasteiger partial charge is 0.162 e. The average Bonchev–Trinajstić information content (AvgIpc) is 2.79. The van der Waals surface area contributed by atoms with E-state index in [0.717, 1.165) is 29.0 Å². The molecule has 0 spiro atoms. The molecular formula is C16H21NO2. The number of fused-ring (bicyclic) bond motifs is 1. The monoisotopic (exact) mass is 259 g/mol. The van der Waals surface area contributed by atoms with Crippen molar-refractivity contribution >= 4 is 5.69 Å². The van der Waals surface area contributed by atoms with E-state index in [1.165, 1.54) is 12.8 Å². The molecule has 3 nitrogen and oxygen atoms in total. The van der Waals surface area contributed by atoms with E-state index in [4.69, 9.17) is 9.47 Å². The molecule has 1 saturated carbocycles. The zero-order valence-electron chi connectivity index (χ0n) is 11.6. The van der Waals surface area contributed by atoms with Crippen LogP contribution in [0.25, 0.3) is 0 Å². The predicted molar refractivity (Wildman–Crippen MR) is 76.9 cm³/mol. The fraction of sp³-hybridized carbons (Fsp3) is 0.500. The molecule has 0 heterocycles. The zero-order valence-corrected chi connectivity index (χ0v) is 11.6. The Balaban J connectivity index is 1.69. The van der Waals surface area contributed by atoms with Crippen LogP contribution in [0, 0.1) is 11.8 Å². The van der Waals surface area contributed by atoms with Crippen molar-refractivity contribution in [2.75, 3.05) is 19.0 Å². The summed E-state index contributed by atoms with van der Waals surface area (Å²) in [4.78, 5) is 0. The van der Waals surface area contributed by atoms with Crippen molar-refractivity contribution in [2.24, 2.45) is 11.8 Å². The van der Waals surface area contributed by atoms with Gasteiger partial charge in [0.15, 0.2) is 11.5 Å². The van der Waals surface area contributed by atoms with Gasteiger partial charge in [-0.05, 0) is 37.8 Å². The molecule has 0 amide bonds. The molecule has 0 aliphatic heterocycles. The van der Waals surface area contributed by atoms with Crippen LogP contribution in [0.5, 0.6) is 11.5 Å². The second-order valence-corrected chi connectivity index (χ2v) is 5.29. The lowest BCUT2D eigenvalue weighted by molar-refractivity contribution is 0.218. The number of hydrogen-bond donors (Lipinski definition) is 1. The van der Waals surface area contributed by atoms with E-state index in [0.29, 0.717) is 12.6 Å². The average molecular weight is 259 g/mol. The molecule has 0 radical (unpaired) electrons. The Morgan fingerprint density at radius 2 is 2.21 bits per heavy atom. The van der Waals surface area contributed by atoms with E-state index in [9.17, 15) is 0 Å². The fourth-order valence-corrected chi connectivity index (χ4v) is 3.13. The van der Waals surface area contributed by atoms with Crippen molar-refractivity contribution in [1.82, 2.24) is 0 Å². The van der Waals surface area contributed by atoms with Crippen molar-refractivity contribution in [2.45, 2.75) is 25.8 Å². The first-order valence-electron chi connectivity index (χ1n) is 7.06. The van der Waals surface area contributed by atoms with Gasteiger partial charge in [0.05, 0.1) is 13.7 Å². The van der Waals surface area contributed by atoms with Crippen LogP contribution >= 0.6 is 0 Å². The van der Waals surface area contributed by atoms with Gasteiger partial charge in [0, 0.05) is 23.7 Å². The molecule has 0 aromatic heterocycles.